The topological polar surface area (TPSA) is 50.4 Å². The van der Waals surface area contributed by atoms with Gasteiger partial charge in [-0.05, 0) is 65.0 Å². The van der Waals surface area contributed by atoms with Crippen LogP contribution in [0.25, 0.3) is 0 Å². The second kappa shape index (κ2) is 8.83. The summed E-state index contributed by atoms with van der Waals surface area (Å²) in [5.41, 5.74) is 1.77. The number of benzene rings is 2. The summed E-state index contributed by atoms with van der Waals surface area (Å²) in [6, 6.07) is 15.3. The number of ether oxygens (including phenoxy) is 1. The largest absolute Gasteiger partial charge is 0.496 e. The molecule has 0 bridgehead atoms. The van der Waals surface area contributed by atoms with E-state index in [2.05, 4.69) is 45.4 Å². The van der Waals surface area contributed by atoms with Crippen molar-refractivity contribution in [1.29, 1.82) is 0 Å². The van der Waals surface area contributed by atoms with Crippen LogP contribution in [0, 0.1) is 3.57 Å². The Kier molecular flexibility index (Phi) is 6.79. The van der Waals surface area contributed by atoms with E-state index in [9.17, 15) is 4.79 Å². The van der Waals surface area contributed by atoms with E-state index in [4.69, 9.17) is 17.0 Å². The minimum Gasteiger partial charge on any atom is -0.496 e. The Morgan fingerprint density at radius 3 is 2.61 bits per heavy atom. The van der Waals surface area contributed by atoms with Gasteiger partial charge in [0.15, 0.2) is 5.11 Å². The van der Waals surface area contributed by atoms with Gasteiger partial charge in [0.1, 0.15) is 5.75 Å². The zero-order chi connectivity index (χ0) is 16.7. The van der Waals surface area contributed by atoms with Crippen LogP contribution in [0.3, 0.4) is 0 Å². The maximum absolute atomic E-state index is 12.2. The molecule has 0 heterocycles. The molecule has 23 heavy (non-hydrogen) atoms. The van der Waals surface area contributed by atoms with Crippen LogP contribution in [-0.2, 0) is 6.42 Å². The van der Waals surface area contributed by atoms with Crippen LogP contribution < -0.4 is 15.4 Å². The second-order valence-corrected chi connectivity index (χ2v) is 6.37. The molecule has 0 unspecified atom stereocenters. The third-order valence-electron chi connectivity index (χ3n) is 3.18. The highest BCUT2D eigenvalue weighted by Crippen LogP contribution is 2.21. The van der Waals surface area contributed by atoms with Gasteiger partial charge in [-0.3, -0.25) is 10.1 Å². The fourth-order valence-electron chi connectivity index (χ4n) is 1.99. The molecule has 2 N–H and O–H groups in total. The van der Waals surface area contributed by atoms with E-state index in [0.29, 0.717) is 17.2 Å². The highest BCUT2D eigenvalue weighted by atomic mass is 127. The van der Waals surface area contributed by atoms with Crippen LogP contribution in [0.1, 0.15) is 15.9 Å². The van der Waals surface area contributed by atoms with Crippen molar-refractivity contribution in [1.82, 2.24) is 10.6 Å². The molecule has 6 heteroatoms. The quantitative estimate of drug-likeness (QED) is 0.554. The lowest BCUT2D eigenvalue weighted by Crippen LogP contribution is -2.40. The Bertz CT molecular complexity index is 692. The number of methoxy groups -OCH3 is 1. The summed E-state index contributed by atoms with van der Waals surface area (Å²) in [4.78, 5) is 12.2. The number of rotatable bonds is 5. The fraction of sp³-hybridized carbons (Fsp3) is 0.176. The SMILES string of the molecule is COc1ccc(C(=O)NC(=S)NCCc2ccccc2)cc1I. The maximum Gasteiger partial charge on any atom is 0.257 e. The predicted octanol–water partition coefficient (Wildman–Crippen LogP) is 3.15. The Balaban J connectivity index is 1.82. The van der Waals surface area contributed by atoms with Crippen LogP contribution in [-0.4, -0.2) is 24.7 Å². The molecule has 0 spiro atoms. The molecule has 0 atom stereocenters. The summed E-state index contributed by atoms with van der Waals surface area (Å²) in [5, 5.41) is 6.06. The van der Waals surface area contributed by atoms with E-state index in [1.54, 1.807) is 25.3 Å². The maximum atomic E-state index is 12.2. The zero-order valence-corrected chi connectivity index (χ0v) is 15.6. The average Bonchev–Trinajstić information content (AvgIpc) is 2.55. The van der Waals surface area contributed by atoms with Crippen molar-refractivity contribution >= 4 is 45.8 Å². The van der Waals surface area contributed by atoms with E-state index in [1.165, 1.54) is 5.56 Å². The van der Waals surface area contributed by atoms with Crippen LogP contribution >= 0.6 is 34.8 Å². The van der Waals surface area contributed by atoms with Gasteiger partial charge in [-0.25, -0.2) is 0 Å². The number of carbonyl (C=O) groups is 1. The normalized spacial score (nSPS) is 10.0. The van der Waals surface area contributed by atoms with Crippen LogP contribution in [0.5, 0.6) is 5.75 Å². The lowest BCUT2D eigenvalue weighted by molar-refractivity contribution is 0.0976. The first-order valence-corrected chi connectivity index (χ1v) is 8.55. The number of hydrogen-bond acceptors (Lipinski definition) is 3. The summed E-state index contributed by atoms with van der Waals surface area (Å²) in [7, 11) is 1.60. The Hall–Kier alpha value is -1.67. The Labute approximate surface area is 154 Å². The van der Waals surface area contributed by atoms with Gasteiger partial charge in [-0.2, -0.15) is 0 Å². The van der Waals surface area contributed by atoms with Crippen molar-refractivity contribution in [3.8, 4) is 5.75 Å². The first-order chi connectivity index (χ1) is 11.1. The fourth-order valence-corrected chi connectivity index (χ4v) is 2.92. The third kappa shape index (κ3) is 5.47. The van der Waals surface area contributed by atoms with Gasteiger partial charge in [0.25, 0.3) is 5.91 Å². The summed E-state index contributed by atoms with van der Waals surface area (Å²) >= 11 is 7.29. The number of hydrogen-bond donors (Lipinski definition) is 2. The summed E-state index contributed by atoms with van der Waals surface area (Å²) in [6.45, 7) is 0.670. The van der Waals surface area contributed by atoms with Gasteiger partial charge in [0.05, 0.1) is 10.7 Å². The second-order valence-electron chi connectivity index (χ2n) is 4.79. The molecule has 0 aliphatic rings. The van der Waals surface area contributed by atoms with E-state index in [-0.39, 0.29) is 5.91 Å². The molecule has 2 aromatic rings. The smallest absolute Gasteiger partial charge is 0.257 e. The predicted molar refractivity (Wildman–Crippen MR) is 104 cm³/mol. The molecule has 0 aromatic heterocycles. The lowest BCUT2D eigenvalue weighted by Gasteiger charge is -2.10. The van der Waals surface area contributed by atoms with Crippen molar-refractivity contribution in [2.45, 2.75) is 6.42 Å². The van der Waals surface area contributed by atoms with Crippen molar-refractivity contribution in [2.24, 2.45) is 0 Å². The van der Waals surface area contributed by atoms with E-state index >= 15 is 0 Å². The first kappa shape index (κ1) is 17.7. The molecule has 0 aliphatic heterocycles. The molecule has 2 rings (SSSR count). The number of nitrogens with one attached hydrogen (secondary N) is 2. The number of amides is 1. The zero-order valence-electron chi connectivity index (χ0n) is 12.6. The van der Waals surface area contributed by atoms with Gasteiger partial charge in [0, 0.05) is 12.1 Å². The molecule has 0 aliphatic carbocycles. The average molecular weight is 440 g/mol. The van der Waals surface area contributed by atoms with Crippen molar-refractivity contribution < 1.29 is 9.53 Å². The standard InChI is InChI=1S/C17H17IN2O2S/c1-22-15-8-7-13(11-14(15)18)16(21)20-17(23)19-10-9-12-5-3-2-4-6-12/h2-8,11H,9-10H2,1H3,(H2,19,20,21,23). The molecule has 120 valence electrons. The minimum atomic E-state index is -0.234. The van der Waals surface area contributed by atoms with E-state index < -0.39 is 0 Å². The molecular formula is C17H17IN2O2S. The highest BCUT2D eigenvalue weighted by Gasteiger charge is 2.10. The van der Waals surface area contributed by atoms with Crippen LogP contribution in [0.4, 0.5) is 0 Å². The summed E-state index contributed by atoms with van der Waals surface area (Å²) < 4.78 is 6.05. The van der Waals surface area contributed by atoms with Gasteiger partial charge in [0.2, 0.25) is 0 Å². The van der Waals surface area contributed by atoms with Gasteiger partial charge < -0.3 is 10.1 Å². The summed E-state index contributed by atoms with van der Waals surface area (Å²) in [6.07, 6.45) is 0.845. The van der Waals surface area contributed by atoms with Crippen molar-refractivity contribution in [3.63, 3.8) is 0 Å². The van der Waals surface area contributed by atoms with Crippen molar-refractivity contribution in [2.75, 3.05) is 13.7 Å². The molecule has 1 amide bonds. The molecule has 0 fully saturated rings. The van der Waals surface area contributed by atoms with Gasteiger partial charge in [-0.15, -0.1) is 0 Å². The molecule has 2 aromatic carbocycles. The van der Waals surface area contributed by atoms with E-state index in [0.717, 1.165) is 15.7 Å². The molecule has 0 saturated heterocycles. The molecule has 0 saturated carbocycles. The third-order valence-corrected chi connectivity index (χ3v) is 4.27. The molecular weight excluding hydrogens is 423 g/mol. The molecule has 4 nitrogen and oxygen atoms in total. The summed E-state index contributed by atoms with van der Waals surface area (Å²) in [5.74, 6) is 0.508. The first-order valence-electron chi connectivity index (χ1n) is 7.07. The van der Waals surface area contributed by atoms with Crippen LogP contribution in [0.2, 0.25) is 0 Å². The van der Waals surface area contributed by atoms with Gasteiger partial charge >= 0.3 is 0 Å². The van der Waals surface area contributed by atoms with Crippen molar-refractivity contribution in [3.05, 3.63) is 63.2 Å². The monoisotopic (exact) mass is 440 g/mol. The van der Waals surface area contributed by atoms with Gasteiger partial charge in [-0.1, -0.05) is 30.3 Å². The Morgan fingerprint density at radius 1 is 1.22 bits per heavy atom. The van der Waals surface area contributed by atoms with Crippen LogP contribution in [0.15, 0.2) is 48.5 Å². The minimum absolute atomic E-state index is 0.234. The number of carbonyl (C=O) groups excluding carboxylic acids is 1. The molecule has 0 radical (unpaired) electrons. The highest BCUT2D eigenvalue weighted by molar-refractivity contribution is 14.1. The Morgan fingerprint density at radius 2 is 1.96 bits per heavy atom. The van der Waals surface area contributed by atoms with E-state index in [1.807, 2.05) is 18.2 Å². The number of thiocarbonyl (C=S) groups is 1. The lowest BCUT2D eigenvalue weighted by atomic mass is 10.1. The number of halogens is 1.